The molecule has 0 bridgehead atoms. The Morgan fingerprint density at radius 1 is 1.07 bits per heavy atom. The van der Waals surface area contributed by atoms with Gasteiger partial charge in [-0.25, -0.2) is 0 Å². The average Bonchev–Trinajstić information content (AvgIpc) is 2.85. The summed E-state index contributed by atoms with van der Waals surface area (Å²) < 4.78 is 3.31. The SMILES string of the molecule is c1c[nH]c2ccc([O+]3CCCC3)c-2c1. The van der Waals surface area contributed by atoms with E-state index in [0.29, 0.717) is 0 Å². The Kier molecular flexibility index (Phi) is 1.72. The molecular weight excluding hydrogens is 174 g/mol. The van der Waals surface area contributed by atoms with Crippen molar-refractivity contribution in [2.75, 3.05) is 13.2 Å². The van der Waals surface area contributed by atoms with Gasteiger partial charge in [0.15, 0.2) is 13.2 Å². The van der Waals surface area contributed by atoms with Gasteiger partial charge in [0.2, 0.25) is 0 Å². The Hall–Kier alpha value is -1.44. The van der Waals surface area contributed by atoms with E-state index in [-0.39, 0.29) is 0 Å². The maximum absolute atomic E-state index is 3.31. The summed E-state index contributed by atoms with van der Waals surface area (Å²) in [6.07, 6.45) is 4.57. The summed E-state index contributed by atoms with van der Waals surface area (Å²) in [7, 11) is 0. The molecule has 2 aliphatic heterocycles. The van der Waals surface area contributed by atoms with Gasteiger partial charge in [0.05, 0.1) is 11.3 Å². The summed E-state index contributed by atoms with van der Waals surface area (Å²) in [5, 5.41) is 0. The van der Waals surface area contributed by atoms with E-state index in [4.69, 9.17) is 0 Å². The predicted octanol–water partition coefficient (Wildman–Crippen LogP) is 3.18. The largest absolute Gasteiger partial charge is 0.571 e. The number of hydrogen-bond acceptors (Lipinski definition) is 0. The van der Waals surface area contributed by atoms with Gasteiger partial charge in [0, 0.05) is 25.1 Å². The topological polar surface area (TPSA) is 18.5 Å². The van der Waals surface area contributed by atoms with Gasteiger partial charge in [0.25, 0.3) is 5.75 Å². The fraction of sp³-hybridized carbons (Fsp3) is 0.333. The number of aromatic amines is 1. The molecule has 0 unspecified atom stereocenters. The molecule has 1 N–H and O–H groups in total. The van der Waals surface area contributed by atoms with E-state index in [9.17, 15) is 0 Å². The first kappa shape index (κ1) is 7.92. The van der Waals surface area contributed by atoms with E-state index in [2.05, 4.69) is 33.6 Å². The average molecular weight is 188 g/mol. The van der Waals surface area contributed by atoms with Crippen LogP contribution in [0.5, 0.6) is 5.75 Å². The second kappa shape index (κ2) is 3.05. The maximum atomic E-state index is 3.31. The summed E-state index contributed by atoms with van der Waals surface area (Å²) in [4.78, 5) is 3.25. The van der Waals surface area contributed by atoms with Gasteiger partial charge < -0.3 is 9.35 Å². The molecule has 0 aromatic carbocycles. The highest BCUT2D eigenvalue weighted by Crippen LogP contribution is 2.40. The van der Waals surface area contributed by atoms with E-state index < -0.39 is 0 Å². The Bertz CT molecular complexity index is 401. The van der Waals surface area contributed by atoms with Crippen LogP contribution in [0.4, 0.5) is 0 Å². The molecule has 0 spiro atoms. The van der Waals surface area contributed by atoms with Crippen molar-refractivity contribution < 1.29 is 4.37 Å². The zero-order chi connectivity index (χ0) is 9.38. The normalized spacial score (nSPS) is 16.7. The predicted molar refractivity (Wildman–Crippen MR) is 56.9 cm³/mol. The third-order valence-corrected chi connectivity index (χ3v) is 2.90. The van der Waals surface area contributed by atoms with Crippen LogP contribution in [0, 0.1) is 0 Å². The minimum atomic E-state index is 1.13. The molecule has 2 heterocycles. The lowest BCUT2D eigenvalue weighted by molar-refractivity contribution is -0.00982. The zero-order valence-electron chi connectivity index (χ0n) is 8.12. The van der Waals surface area contributed by atoms with Crippen molar-refractivity contribution in [3.05, 3.63) is 30.5 Å². The van der Waals surface area contributed by atoms with Gasteiger partial charge in [-0.3, -0.25) is 0 Å². The van der Waals surface area contributed by atoms with Gasteiger partial charge in [-0.05, 0) is 18.2 Å². The summed E-state index contributed by atoms with van der Waals surface area (Å²) >= 11 is 0. The molecule has 2 nitrogen and oxygen atoms in total. The highest BCUT2D eigenvalue weighted by Gasteiger charge is 2.24. The zero-order valence-corrected chi connectivity index (χ0v) is 8.12. The van der Waals surface area contributed by atoms with E-state index in [0.717, 1.165) is 13.2 Å². The van der Waals surface area contributed by atoms with Crippen molar-refractivity contribution in [1.29, 1.82) is 0 Å². The lowest BCUT2D eigenvalue weighted by Gasteiger charge is -2.17. The molecule has 2 heteroatoms. The third kappa shape index (κ3) is 1.10. The molecule has 3 aliphatic rings. The molecule has 1 fully saturated rings. The van der Waals surface area contributed by atoms with E-state index in [1.54, 1.807) is 0 Å². The van der Waals surface area contributed by atoms with E-state index >= 15 is 0 Å². The molecule has 0 amide bonds. The van der Waals surface area contributed by atoms with Crippen LogP contribution in [0.3, 0.4) is 0 Å². The van der Waals surface area contributed by atoms with Crippen molar-refractivity contribution in [1.82, 2.24) is 4.98 Å². The maximum Gasteiger partial charge on any atom is 0.264 e. The van der Waals surface area contributed by atoms with Crippen molar-refractivity contribution >= 4 is 0 Å². The van der Waals surface area contributed by atoms with Crippen LogP contribution in [-0.2, 0) is 4.37 Å². The first-order valence-corrected chi connectivity index (χ1v) is 5.19. The van der Waals surface area contributed by atoms with Gasteiger partial charge in [-0.1, -0.05) is 0 Å². The lowest BCUT2D eigenvalue weighted by Crippen LogP contribution is -2.00. The molecule has 1 saturated heterocycles. The Balaban J connectivity index is 2.05. The van der Waals surface area contributed by atoms with Crippen LogP contribution in [0.25, 0.3) is 11.3 Å². The molecule has 72 valence electrons. The van der Waals surface area contributed by atoms with Crippen molar-refractivity contribution in [2.24, 2.45) is 0 Å². The molecule has 1 aliphatic carbocycles. The Labute approximate surface area is 83.6 Å². The number of hydrogen-bond donors (Lipinski definition) is 1. The number of rotatable bonds is 1. The third-order valence-electron chi connectivity index (χ3n) is 2.90. The van der Waals surface area contributed by atoms with Crippen molar-refractivity contribution in [3.63, 3.8) is 0 Å². The van der Waals surface area contributed by atoms with E-state index in [1.165, 1.54) is 29.8 Å². The van der Waals surface area contributed by atoms with Crippen molar-refractivity contribution in [3.8, 4) is 17.0 Å². The van der Waals surface area contributed by atoms with Crippen LogP contribution in [0.2, 0.25) is 0 Å². The van der Waals surface area contributed by atoms with Crippen LogP contribution in [0.1, 0.15) is 12.8 Å². The molecule has 14 heavy (non-hydrogen) atoms. The smallest absolute Gasteiger partial charge is 0.264 e. The van der Waals surface area contributed by atoms with Crippen LogP contribution >= 0.6 is 0 Å². The lowest BCUT2D eigenvalue weighted by atomic mass is 10.2. The number of pyridine rings is 1. The van der Waals surface area contributed by atoms with Crippen LogP contribution in [0.15, 0.2) is 30.5 Å². The van der Waals surface area contributed by atoms with Crippen molar-refractivity contribution in [2.45, 2.75) is 12.8 Å². The Morgan fingerprint density at radius 2 is 1.93 bits per heavy atom. The van der Waals surface area contributed by atoms with Gasteiger partial charge in [-0.2, -0.15) is 0 Å². The monoisotopic (exact) mass is 188 g/mol. The minimum Gasteiger partial charge on any atom is -0.571 e. The summed E-state index contributed by atoms with van der Waals surface area (Å²) in [5.41, 5.74) is 2.54. The quantitative estimate of drug-likeness (QED) is 0.663. The molecule has 3 rings (SSSR count). The van der Waals surface area contributed by atoms with Crippen LogP contribution in [-0.4, -0.2) is 18.2 Å². The molecule has 0 aromatic rings. The fourth-order valence-corrected chi connectivity index (χ4v) is 2.18. The number of H-pyrrole nitrogens is 1. The second-order valence-electron chi connectivity index (χ2n) is 3.80. The van der Waals surface area contributed by atoms with E-state index in [1.807, 2.05) is 6.20 Å². The number of nitrogens with one attached hydrogen (secondary N) is 1. The minimum absolute atomic E-state index is 1.13. The number of aromatic nitrogens is 1. The molecular formula is C12H14NO+. The molecule has 0 atom stereocenters. The highest BCUT2D eigenvalue weighted by atomic mass is 16.7. The highest BCUT2D eigenvalue weighted by molar-refractivity contribution is 5.70. The molecule has 0 radical (unpaired) electrons. The first-order chi connectivity index (χ1) is 6.95. The summed E-state index contributed by atoms with van der Waals surface area (Å²) in [5.74, 6) is 1.31. The Morgan fingerprint density at radius 3 is 2.79 bits per heavy atom. The van der Waals surface area contributed by atoms with Gasteiger partial charge in [0.1, 0.15) is 0 Å². The van der Waals surface area contributed by atoms with Gasteiger partial charge in [-0.15, -0.1) is 0 Å². The molecule has 0 saturated carbocycles. The van der Waals surface area contributed by atoms with Gasteiger partial charge >= 0.3 is 0 Å². The molecule has 0 aromatic heterocycles. The second-order valence-corrected chi connectivity index (χ2v) is 3.80. The fourth-order valence-electron chi connectivity index (χ4n) is 2.18. The standard InChI is InChI=1S/C12H14NO/c1-2-9-14(8-1)12-6-5-11-10(12)4-3-7-13-11/h3-7,13H,1-2,8-9H2/q+1. The number of fused-ring (bicyclic) bond motifs is 1. The van der Waals surface area contributed by atoms with Crippen LogP contribution < -0.4 is 0 Å². The summed E-state index contributed by atoms with van der Waals surface area (Å²) in [6, 6.07) is 8.57. The summed E-state index contributed by atoms with van der Waals surface area (Å²) in [6.45, 7) is 2.27. The first-order valence-electron chi connectivity index (χ1n) is 5.19.